The fourth-order valence-corrected chi connectivity index (χ4v) is 1.84. The Morgan fingerprint density at radius 1 is 1.67 bits per heavy atom. The van der Waals surface area contributed by atoms with Crippen LogP contribution < -0.4 is 11.4 Å². The summed E-state index contributed by atoms with van der Waals surface area (Å²) in [4.78, 5) is 18.6. The first-order valence-corrected chi connectivity index (χ1v) is 5.25. The highest BCUT2D eigenvalue weighted by atomic mass is 16.6. The lowest BCUT2D eigenvalue weighted by Gasteiger charge is -2.25. The molecule has 2 heterocycles. The van der Waals surface area contributed by atoms with Gasteiger partial charge in [-0.3, -0.25) is 4.57 Å². The quantitative estimate of drug-likeness (QED) is 0.446. The molecule has 0 aliphatic carbocycles. The van der Waals surface area contributed by atoms with Crippen LogP contribution >= 0.6 is 0 Å². The summed E-state index contributed by atoms with van der Waals surface area (Å²) in [5.41, 5.74) is 2.80. The molecule has 1 saturated heterocycles. The first-order chi connectivity index (χ1) is 8.37. The van der Waals surface area contributed by atoms with E-state index >= 15 is 0 Å². The number of aliphatic hydroxyl groups excluding tert-OH is 2. The van der Waals surface area contributed by atoms with Gasteiger partial charge in [-0.15, -0.1) is 0 Å². The Labute approximate surface area is 101 Å². The number of hydrogen-bond donors (Lipinski definition) is 4. The molecule has 0 bridgehead atoms. The highest BCUT2D eigenvalue weighted by Crippen LogP contribution is 2.35. The van der Waals surface area contributed by atoms with Gasteiger partial charge in [0.1, 0.15) is 24.1 Å². The van der Waals surface area contributed by atoms with Gasteiger partial charge in [0.25, 0.3) is 0 Å². The van der Waals surface area contributed by atoms with E-state index in [4.69, 9.17) is 15.6 Å². The van der Waals surface area contributed by atoms with Crippen molar-refractivity contribution in [3.63, 3.8) is 0 Å². The van der Waals surface area contributed by atoms with Gasteiger partial charge in [-0.05, 0) is 6.92 Å². The maximum atomic E-state index is 11.6. The van der Waals surface area contributed by atoms with Crippen molar-refractivity contribution in [3.05, 3.63) is 16.8 Å². The smallest absolute Gasteiger partial charge is 0.354 e. The van der Waals surface area contributed by atoms with E-state index in [-0.39, 0.29) is 5.95 Å². The van der Waals surface area contributed by atoms with Crippen LogP contribution in [-0.2, 0) is 4.74 Å². The summed E-state index contributed by atoms with van der Waals surface area (Å²) in [6.45, 7) is 0.812. The van der Waals surface area contributed by atoms with Crippen molar-refractivity contribution < 1.29 is 20.1 Å². The third kappa shape index (κ3) is 1.86. The minimum absolute atomic E-state index is 0.200. The van der Waals surface area contributed by atoms with Gasteiger partial charge in [-0.2, -0.15) is 4.98 Å². The maximum Gasteiger partial charge on any atom is 0.354 e. The lowest BCUT2D eigenvalue weighted by atomic mass is 9.95. The summed E-state index contributed by atoms with van der Waals surface area (Å²) < 4.78 is 6.14. The van der Waals surface area contributed by atoms with Crippen LogP contribution in [0.1, 0.15) is 13.2 Å². The van der Waals surface area contributed by atoms with Gasteiger partial charge in [0.2, 0.25) is 5.95 Å². The second-order valence-electron chi connectivity index (χ2n) is 4.27. The van der Waals surface area contributed by atoms with E-state index in [1.807, 2.05) is 0 Å². The molecule has 2 rings (SSSR count). The Morgan fingerprint density at radius 2 is 2.33 bits per heavy atom. The van der Waals surface area contributed by atoms with E-state index in [0.717, 1.165) is 10.9 Å². The van der Waals surface area contributed by atoms with E-state index in [1.165, 1.54) is 6.92 Å². The first kappa shape index (κ1) is 12.9. The maximum absolute atomic E-state index is 11.6. The van der Waals surface area contributed by atoms with Gasteiger partial charge in [-0.25, -0.2) is 9.78 Å². The molecule has 4 atom stereocenters. The van der Waals surface area contributed by atoms with Crippen molar-refractivity contribution in [2.24, 2.45) is 0 Å². The second-order valence-corrected chi connectivity index (χ2v) is 4.27. The molecule has 9 heteroatoms. The highest BCUT2D eigenvalue weighted by molar-refractivity contribution is 5.10. The fourth-order valence-electron chi connectivity index (χ4n) is 1.84. The number of aromatic nitrogens is 3. The Balaban J connectivity index is 2.38. The van der Waals surface area contributed by atoms with E-state index in [1.54, 1.807) is 0 Å². The van der Waals surface area contributed by atoms with Gasteiger partial charge in [0.15, 0.2) is 6.23 Å². The molecular formula is C9H14N4O5. The molecule has 0 amide bonds. The molecule has 0 aromatic carbocycles. The summed E-state index contributed by atoms with van der Waals surface area (Å²) in [5.74, 6) is -0.200. The normalized spacial score (nSPS) is 35.9. The number of hydrogen-bond acceptors (Lipinski definition) is 8. The van der Waals surface area contributed by atoms with Gasteiger partial charge in [0.05, 0.1) is 6.61 Å². The molecule has 18 heavy (non-hydrogen) atoms. The lowest BCUT2D eigenvalue weighted by molar-refractivity contribution is -0.0807. The molecule has 1 aliphatic rings. The number of nitrogens with zero attached hydrogens (tertiary/aromatic N) is 3. The van der Waals surface area contributed by atoms with Gasteiger partial charge in [0, 0.05) is 0 Å². The molecule has 5 N–H and O–H groups in total. The van der Waals surface area contributed by atoms with Crippen LogP contribution in [-0.4, -0.2) is 54.3 Å². The van der Waals surface area contributed by atoms with E-state index in [0.29, 0.717) is 0 Å². The number of anilines is 1. The number of rotatable bonds is 2. The van der Waals surface area contributed by atoms with E-state index in [2.05, 4.69) is 9.97 Å². The number of ether oxygens (including phenoxy) is 1. The molecule has 1 aromatic heterocycles. The third-order valence-electron chi connectivity index (χ3n) is 3.01. The molecule has 1 fully saturated rings. The standard InChI is InChI=1S/C9H14N4O5/c1-9(17)4(2-14)18-6(5(9)15)13-3-11-7(10)12-8(13)16/h3-6,14-15,17H,2H2,1H3,(H2,10,12,16)/t4-,5?,6-,9-/m1/s1. The molecule has 1 aliphatic heterocycles. The summed E-state index contributed by atoms with van der Waals surface area (Å²) in [6, 6.07) is 0. The minimum Gasteiger partial charge on any atom is -0.394 e. The lowest BCUT2D eigenvalue weighted by Crippen LogP contribution is -2.46. The number of nitrogen functional groups attached to an aromatic ring is 1. The minimum atomic E-state index is -1.68. The van der Waals surface area contributed by atoms with Crippen LogP contribution in [0, 0.1) is 0 Å². The van der Waals surface area contributed by atoms with Crippen molar-refractivity contribution >= 4 is 5.95 Å². The third-order valence-corrected chi connectivity index (χ3v) is 3.01. The summed E-state index contributed by atoms with van der Waals surface area (Å²) >= 11 is 0. The summed E-state index contributed by atoms with van der Waals surface area (Å²) in [5, 5.41) is 29.0. The number of aliphatic hydroxyl groups is 3. The molecule has 100 valence electrons. The molecule has 1 aromatic rings. The second kappa shape index (κ2) is 4.28. The van der Waals surface area contributed by atoms with E-state index < -0.39 is 36.3 Å². The SMILES string of the molecule is C[C@]1(O)C(O)[C@H](n2cnc(N)nc2=O)O[C@@H]1CO. The largest absolute Gasteiger partial charge is 0.394 e. The van der Waals surface area contributed by atoms with Crippen molar-refractivity contribution in [1.29, 1.82) is 0 Å². The molecule has 9 nitrogen and oxygen atoms in total. The number of nitrogens with two attached hydrogens (primary N) is 1. The zero-order valence-electron chi connectivity index (χ0n) is 9.59. The monoisotopic (exact) mass is 258 g/mol. The molecular weight excluding hydrogens is 244 g/mol. The van der Waals surface area contributed by atoms with Crippen LogP contribution in [0.4, 0.5) is 5.95 Å². The van der Waals surface area contributed by atoms with Crippen molar-refractivity contribution in [2.75, 3.05) is 12.3 Å². The van der Waals surface area contributed by atoms with Crippen molar-refractivity contribution in [3.8, 4) is 0 Å². The topological polar surface area (TPSA) is 144 Å². The summed E-state index contributed by atoms with van der Waals surface area (Å²) in [7, 11) is 0. The predicted molar refractivity (Wildman–Crippen MR) is 58.3 cm³/mol. The van der Waals surface area contributed by atoms with Crippen molar-refractivity contribution in [1.82, 2.24) is 14.5 Å². The average Bonchev–Trinajstić information content (AvgIpc) is 2.52. The van der Waals surface area contributed by atoms with Gasteiger partial charge >= 0.3 is 5.69 Å². The molecule has 0 spiro atoms. The van der Waals surface area contributed by atoms with Gasteiger partial charge < -0.3 is 25.8 Å². The fraction of sp³-hybridized carbons (Fsp3) is 0.667. The summed E-state index contributed by atoms with van der Waals surface area (Å²) in [6.07, 6.45) is -2.53. The van der Waals surface area contributed by atoms with Crippen LogP contribution in [0.2, 0.25) is 0 Å². The van der Waals surface area contributed by atoms with Crippen LogP contribution in [0.3, 0.4) is 0 Å². The molecule has 0 radical (unpaired) electrons. The molecule has 1 unspecified atom stereocenters. The Kier molecular flexibility index (Phi) is 3.07. The Morgan fingerprint density at radius 3 is 2.83 bits per heavy atom. The highest BCUT2D eigenvalue weighted by Gasteiger charge is 2.52. The zero-order valence-corrected chi connectivity index (χ0v) is 9.59. The van der Waals surface area contributed by atoms with Crippen molar-refractivity contribution in [2.45, 2.75) is 31.0 Å². The van der Waals surface area contributed by atoms with Crippen LogP contribution in [0.15, 0.2) is 11.1 Å². The van der Waals surface area contributed by atoms with Crippen LogP contribution in [0.25, 0.3) is 0 Å². The predicted octanol–water partition coefficient (Wildman–Crippen LogP) is -2.78. The van der Waals surface area contributed by atoms with Crippen LogP contribution in [0.5, 0.6) is 0 Å². The zero-order chi connectivity index (χ0) is 13.5. The first-order valence-electron chi connectivity index (χ1n) is 5.25. The molecule has 0 saturated carbocycles. The Bertz CT molecular complexity index is 502. The van der Waals surface area contributed by atoms with Gasteiger partial charge in [-0.1, -0.05) is 0 Å². The average molecular weight is 258 g/mol. The Hall–Kier alpha value is -1.55. The van der Waals surface area contributed by atoms with E-state index in [9.17, 15) is 15.0 Å².